The number of halogens is 1. The van der Waals surface area contributed by atoms with Crippen LogP contribution in [0, 0.1) is 6.92 Å². The second-order valence-electron chi connectivity index (χ2n) is 5.95. The number of rotatable bonds is 4. The van der Waals surface area contributed by atoms with Gasteiger partial charge in [0.05, 0.1) is 0 Å². The number of carbonyl (C=O) groups is 2. The minimum atomic E-state index is -0.180. The lowest BCUT2D eigenvalue weighted by atomic mass is 9.94. The fourth-order valence-electron chi connectivity index (χ4n) is 2.92. The van der Waals surface area contributed by atoms with Gasteiger partial charge < -0.3 is 10.2 Å². The quantitative estimate of drug-likeness (QED) is 0.917. The van der Waals surface area contributed by atoms with Crippen molar-refractivity contribution in [3.8, 4) is 0 Å². The van der Waals surface area contributed by atoms with Gasteiger partial charge in [0.15, 0.2) is 0 Å². The fraction of sp³-hybridized carbons (Fsp3) is 0.529. The average Bonchev–Trinajstić information content (AvgIpc) is 2.49. The van der Waals surface area contributed by atoms with Crippen molar-refractivity contribution in [1.82, 2.24) is 4.90 Å². The SMILES string of the molecule is CC(=O)N(CC(=O)Nc1ccc(C)c(Cl)c1)C1CCCCC1. The van der Waals surface area contributed by atoms with E-state index in [0.29, 0.717) is 10.7 Å². The van der Waals surface area contributed by atoms with Crippen LogP contribution in [0.15, 0.2) is 18.2 Å². The summed E-state index contributed by atoms with van der Waals surface area (Å²) in [7, 11) is 0. The number of carbonyl (C=O) groups excluding carboxylic acids is 2. The average molecular weight is 323 g/mol. The van der Waals surface area contributed by atoms with E-state index in [1.807, 2.05) is 19.1 Å². The third kappa shape index (κ3) is 4.47. The van der Waals surface area contributed by atoms with Gasteiger partial charge in [0.2, 0.25) is 11.8 Å². The molecule has 0 aromatic heterocycles. The number of amides is 2. The summed E-state index contributed by atoms with van der Waals surface area (Å²) >= 11 is 6.06. The van der Waals surface area contributed by atoms with Crippen molar-refractivity contribution in [2.75, 3.05) is 11.9 Å². The van der Waals surface area contributed by atoms with Gasteiger partial charge in [-0.25, -0.2) is 0 Å². The Hall–Kier alpha value is -1.55. The first-order valence-corrected chi connectivity index (χ1v) is 8.18. The molecule has 1 aromatic rings. The van der Waals surface area contributed by atoms with E-state index >= 15 is 0 Å². The van der Waals surface area contributed by atoms with Crippen LogP contribution < -0.4 is 5.32 Å². The summed E-state index contributed by atoms with van der Waals surface area (Å²) in [5.74, 6) is -0.218. The Morgan fingerprint density at radius 2 is 1.95 bits per heavy atom. The second kappa shape index (κ2) is 7.63. The topological polar surface area (TPSA) is 49.4 Å². The Balaban J connectivity index is 1.98. The maximum atomic E-state index is 12.2. The lowest BCUT2D eigenvalue weighted by Gasteiger charge is -2.33. The Labute approximate surface area is 136 Å². The predicted octanol–water partition coefficient (Wildman–Crippen LogP) is 3.77. The highest BCUT2D eigenvalue weighted by molar-refractivity contribution is 6.31. The van der Waals surface area contributed by atoms with Crippen molar-refractivity contribution in [1.29, 1.82) is 0 Å². The van der Waals surface area contributed by atoms with Crippen LogP contribution in [-0.2, 0) is 9.59 Å². The number of hydrogen-bond donors (Lipinski definition) is 1. The van der Waals surface area contributed by atoms with Crippen LogP contribution in [0.25, 0.3) is 0 Å². The largest absolute Gasteiger partial charge is 0.331 e. The van der Waals surface area contributed by atoms with E-state index < -0.39 is 0 Å². The minimum absolute atomic E-state index is 0.0380. The predicted molar refractivity (Wildman–Crippen MR) is 89.1 cm³/mol. The van der Waals surface area contributed by atoms with Gasteiger partial charge in [0.1, 0.15) is 6.54 Å². The fourth-order valence-corrected chi connectivity index (χ4v) is 3.10. The molecule has 0 atom stereocenters. The van der Waals surface area contributed by atoms with Crippen molar-refractivity contribution in [2.45, 2.75) is 52.0 Å². The van der Waals surface area contributed by atoms with E-state index in [9.17, 15) is 9.59 Å². The molecule has 1 aromatic carbocycles. The molecule has 0 radical (unpaired) electrons. The lowest BCUT2D eigenvalue weighted by molar-refractivity contribution is -0.135. The highest BCUT2D eigenvalue weighted by Crippen LogP contribution is 2.23. The maximum Gasteiger partial charge on any atom is 0.244 e. The molecule has 0 saturated heterocycles. The van der Waals surface area contributed by atoms with E-state index in [1.54, 1.807) is 11.0 Å². The number of nitrogens with one attached hydrogen (secondary N) is 1. The van der Waals surface area contributed by atoms with Crippen LogP contribution in [0.4, 0.5) is 5.69 Å². The Kier molecular flexibility index (Phi) is 5.83. The van der Waals surface area contributed by atoms with Crippen LogP contribution >= 0.6 is 11.6 Å². The maximum absolute atomic E-state index is 12.2. The van der Waals surface area contributed by atoms with Crippen molar-refractivity contribution in [2.24, 2.45) is 0 Å². The molecule has 1 aliphatic rings. The highest BCUT2D eigenvalue weighted by Gasteiger charge is 2.25. The molecule has 120 valence electrons. The molecule has 5 heteroatoms. The molecule has 1 N–H and O–H groups in total. The number of hydrogen-bond acceptors (Lipinski definition) is 2. The molecule has 0 bridgehead atoms. The molecule has 0 heterocycles. The molecular formula is C17H23ClN2O2. The summed E-state index contributed by atoms with van der Waals surface area (Å²) < 4.78 is 0. The third-order valence-electron chi connectivity index (χ3n) is 4.19. The molecule has 0 aliphatic heterocycles. The van der Waals surface area contributed by atoms with Crippen LogP contribution in [0.3, 0.4) is 0 Å². The zero-order valence-corrected chi connectivity index (χ0v) is 13.9. The minimum Gasteiger partial charge on any atom is -0.331 e. The van der Waals surface area contributed by atoms with E-state index in [2.05, 4.69) is 5.32 Å². The standard InChI is InChI=1S/C17H23ClN2O2/c1-12-8-9-14(10-16(12)18)19-17(22)11-20(13(2)21)15-6-4-3-5-7-15/h8-10,15H,3-7,11H2,1-2H3,(H,19,22). The van der Waals surface area contributed by atoms with E-state index in [-0.39, 0.29) is 24.4 Å². The first-order chi connectivity index (χ1) is 10.5. The van der Waals surface area contributed by atoms with Gasteiger partial charge in [0.25, 0.3) is 0 Å². The van der Waals surface area contributed by atoms with Gasteiger partial charge >= 0.3 is 0 Å². The first kappa shape index (κ1) is 16.8. The van der Waals surface area contributed by atoms with Crippen molar-refractivity contribution < 1.29 is 9.59 Å². The van der Waals surface area contributed by atoms with Gasteiger partial charge in [-0.1, -0.05) is 36.9 Å². The van der Waals surface area contributed by atoms with Crippen LogP contribution in [0.5, 0.6) is 0 Å². The van der Waals surface area contributed by atoms with Crippen molar-refractivity contribution >= 4 is 29.1 Å². The summed E-state index contributed by atoms with van der Waals surface area (Å²) in [6.07, 6.45) is 5.45. The number of benzene rings is 1. The van der Waals surface area contributed by atoms with Crippen molar-refractivity contribution in [3.63, 3.8) is 0 Å². The second-order valence-corrected chi connectivity index (χ2v) is 6.36. The third-order valence-corrected chi connectivity index (χ3v) is 4.60. The molecule has 2 amide bonds. The van der Waals surface area contributed by atoms with Crippen LogP contribution in [0.2, 0.25) is 5.02 Å². The van der Waals surface area contributed by atoms with Gasteiger partial charge in [-0.2, -0.15) is 0 Å². The number of nitrogens with zero attached hydrogens (tertiary/aromatic N) is 1. The molecular weight excluding hydrogens is 300 g/mol. The molecule has 1 saturated carbocycles. The Morgan fingerprint density at radius 3 is 2.55 bits per heavy atom. The summed E-state index contributed by atoms with van der Waals surface area (Å²) in [5.41, 5.74) is 1.62. The highest BCUT2D eigenvalue weighted by atomic mass is 35.5. The number of anilines is 1. The first-order valence-electron chi connectivity index (χ1n) is 7.80. The van der Waals surface area contributed by atoms with Gasteiger partial charge in [-0.15, -0.1) is 0 Å². The Bertz CT molecular complexity index is 554. The molecule has 1 fully saturated rings. The summed E-state index contributed by atoms with van der Waals surface area (Å²) in [6, 6.07) is 5.60. The summed E-state index contributed by atoms with van der Waals surface area (Å²) in [4.78, 5) is 25.8. The molecule has 4 nitrogen and oxygen atoms in total. The normalized spacial score (nSPS) is 15.4. The zero-order valence-electron chi connectivity index (χ0n) is 13.2. The van der Waals surface area contributed by atoms with E-state index in [0.717, 1.165) is 31.2 Å². The van der Waals surface area contributed by atoms with Crippen LogP contribution in [-0.4, -0.2) is 29.3 Å². The van der Waals surface area contributed by atoms with Gasteiger partial charge in [-0.3, -0.25) is 9.59 Å². The molecule has 22 heavy (non-hydrogen) atoms. The van der Waals surface area contributed by atoms with E-state index in [4.69, 9.17) is 11.6 Å². The molecule has 0 spiro atoms. The summed E-state index contributed by atoms with van der Waals surface area (Å²) in [6.45, 7) is 3.55. The molecule has 1 aliphatic carbocycles. The summed E-state index contributed by atoms with van der Waals surface area (Å²) in [5, 5.41) is 3.44. The van der Waals surface area contributed by atoms with E-state index in [1.165, 1.54) is 13.3 Å². The smallest absolute Gasteiger partial charge is 0.244 e. The van der Waals surface area contributed by atoms with Crippen molar-refractivity contribution in [3.05, 3.63) is 28.8 Å². The lowest BCUT2D eigenvalue weighted by Crippen LogP contribution is -2.44. The van der Waals surface area contributed by atoms with Gasteiger partial charge in [-0.05, 0) is 37.5 Å². The Morgan fingerprint density at radius 1 is 1.27 bits per heavy atom. The van der Waals surface area contributed by atoms with Gasteiger partial charge in [0, 0.05) is 23.7 Å². The monoisotopic (exact) mass is 322 g/mol. The van der Waals surface area contributed by atoms with Crippen LogP contribution in [0.1, 0.15) is 44.6 Å². The zero-order chi connectivity index (χ0) is 16.1. The number of aryl methyl sites for hydroxylation is 1. The molecule has 0 unspecified atom stereocenters. The molecule has 2 rings (SSSR count).